The SMILES string of the molecule is O=C(Nc1nccs1)[C@@H](c1ncn2c1C[C@@H](F)C2)n1cc2c(Cl)cc(-c3ccc(CN4C[C@H]5COC[C@H]5C4)cc3)c(Cl)c2n1. The molecular weight excluding hydrogens is 624 g/mol. The first-order chi connectivity index (χ1) is 21.4. The maximum absolute atomic E-state index is 14.3. The van der Waals surface area contributed by atoms with Crippen LogP contribution in [-0.2, 0) is 29.0 Å². The van der Waals surface area contributed by atoms with Gasteiger partial charge in [0, 0.05) is 72.3 Å². The predicted molar refractivity (Wildman–Crippen MR) is 168 cm³/mol. The number of carbonyl (C=O) groups excluding carboxylic acids is 1. The maximum Gasteiger partial charge on any atom is 0.257 e. The molecule has 1 amide bonds. The van der Waals surface area contributed by atoms with Crippen LogP contribution in [0.25, 0.3) is 22.0 Å². The molecule has 3 aliphatic heterocycles. The second kappa shape index (κ2) is 11.2. The summed E-state index contributed by atoms with van der Waals surface area (Å²) >= 11 is 15.1. The molecule has 3 aliphatic rings. The Morgan fingerprint density at radius 1 is 1.14 bits per heavy atom. The molecule has 13 heteroatoms. The van der Waals surface area contributed by atoms with E-state index in [0.29, 0.717) is 49.3 Å². The number of rotatable bonds is 7. The van der Waals surface area contributed by atoms with Gasteiger partial charge >= 0.3 is 0 Å². The van der Waals surface area contributed by atoms with Crippen LogP contribution in [0.5, 0.6) is 0 Å². The summed E-state index contributed by atoms with van der Waals surface area (Å²) in [6.07, 6.45) is 4.02. The molecule has 0 aliphatic carbocycles. The van der Waals surface area contributed by atoms with E-state index in [-0.39, 0.29) is 13.0 Å². The predicted octanol–water partition coefficient (Wildman–Crippen LogP) is 5.86. The number of hydrogen-bond donors (Lipinski definition) is 1. The smallest absolute Gasteiger partial charge is 0.257 e. The number of amides is 1. The summed E-state index contributed by atoms with van der Waals surface area (Å²) in [7, 11) is 0. The molecule has 0 spiro atoms. The molecular formula is C31H28Cl2FN7O2S. The lowest BCUT2D eigenvalue weighted by Crippen LogP contribution is -2.28. The topological polar surface area (TPSA) is 90.1 Å². The third-order valence-corrected chi connectivity index (χ3v) is 10.3. The number of nitrogens with zero attached hydrogens (tertiary/aromatic N) is 6. The molecule has 0 radical (unpaired) electrons. The van der Waals surface area contributed by atoms with E-state index in [9.17, 15) is 9.18 Å². The van der Waals surface area contributed by atoms with Crippen LogP contribution in [0.4, 0.5) is 9.52 Å². The van der Waals surface area contributed by atoms with Crippen LogP contribution in [0.15, 0.2) is 54.4 Å². The summed E-state index contributed by atoms with van der Waals surface area (Å²) in [5.74, 6) is 0.902. The van der Waals surface area contributed by atoms with E-state index in [1.165, 1.54) is 21.6 Å². The standard InChI is InChI=1S/C31H28Cl2FN7O2S/c32-24-8-22(18-3-1-17(2-4-18)9-39-10-19-14-43-15-20(19)11-39)26(33)27-23(24)13-41(38-27)29(30(42)37-31-35-5-6-44-31)28-25-7-21(34)12-40(25)16-36-28/h1-6,8,13,16,19-21,29H,7,9-12,14-15H2,(H,35,37,42)/t19-,20+,21-,29-/m1/s1. The van der Waals surface area contributed by atoms with Crippen molar-refractivity contribution in [3.8, 4) is 11.1 Å². The van der Waals surface area contributed by atoms with Crippen molar-refractivity contribution in [2.45, 2.75) is 31.7 Å². The van der Waals surface area contributed by atoms with Crippen LogP contribution in [0.2, 0.25) is 10.0 Å². The molecule has 2 saturated heterocycles. The van der Waals surface area contributed by atoms with Crippen LogP contribution in [0.1, 0.15) is 23.0 Å². The fraction of sp³-hybridized carbons (Fsp3) is 0.355. The Bertz CT molecular complexity index is 1850. The minimum atomic E-state index is -1.03. The van der Waals surface area contributed by atoms with E-state index >= 15 is 0 Å². The highest BCUT2D eigenvalue weighted by molar-refractivity contribution is 7.13. The van der Waals surface area contributed by atoms with Gasteiger partial charge in [-0.3, -0.25) is 19.7 Å². The van der Waals surface area contributed by atoms with E-state index in [1.807, 2.05) is 6.07 Å². The summed E-state index contributed by atoms with van der Waals surface area (Å²) in [5, 5.41) is 11.3. The minimum Gasteiger partial charge on any atom is -0.381 e. The summed E-state index contributed by atoms with van der Waals surface area (Å²) in [6, 6.07) is 9.22. The number of alkyl halides is 1. The average Bonchev–Trinajstić information content (AvgIpc) is 3.83. The van der Waals surface area contributed by atoms with E-state index in [2.05, 4.69) is 44.5 Å². The number of thiazole rings is 1. The van der Waals surface area contributed by atoms with Crippen molar-refractivity contribution in [3.05, 3.63) is 81.4 Å². The largest absolute Gasteiger partial charge is 0.381 e. The van der Waals surface area contributed by atoms with Crippen LogP contribution in [0, 0.1) is 11.8 Å². The highest BCUT2D eigenvalue weighted by Crippen LogP contribution is 2.40. The number of likely N-dealkylation sites (tertiary alicyclic amines) is 1. The quantitative estimate of drug-likeness (QED) is 0.237. The molecule has 3 aromatic heterocycles. The lowest BCUT2D eigenvalue weighted by atomic mass is 10.0. The van der Waals surface area contributed by atoms with Crippen molar-refractivity contribution in [2.24, 2.45) is 11.8 Å². The summed E-state index contributed by atoms with van der Waals surface area (Å²) in [6.45, 7) is 5.00. The van der Waals surface area contributed by atoms with Crippen molar-refractivity contribution in [2.75, 3.05) is 31.6 Å². The van der Waals surface area contributed by atoms with Gasteiger partial charge in [-0.25, -0.2) is 14.4 Å². The molecule has 6 heterocycles. The van der Waals surface area contributed by atoms with Gasteiger partial charge in [0.25, 0.3) is 5.91 Å². The number of nitrogens with one attached hydrogen (secondary N) is 1. The van der Waals surface area contributed by atoms with Gasteiger partial charge in [0.05, 0.1) is 41.8 Å². The Kier molecular flexibility index (Phi) is 7.18. The molecule has 44 heavy (non-hydrogen) atoms. The molecule has 2 fully saturated rings. The third-order valence-electron chi connectivity index (χ3n) is 8.91. The number of carbonyl (C=O) groups is 1. The monoisotopic (exact) mass is 651 g/mol. The van der Waals surface area contributed by atoms with E-state index in [4.69, 9.17) is 33.0 Å². The highest BCUT2D eigenvalue weighted by Gasteiger charge is 2.37. The number of anilines is 1. The fourth-order valence-electron chi connectivity index (χ4n) is 6.77. The first kappa shape index (κ1) is 28.1. The van der Waals surface area contributed by atoms with Crippen molar-refractivity contribution in [3.63, 3.8) is 0 Å². The van der Waals surface area contributed by atoms with Gasteiger partial charge in [-0.05, 0) is 17.2 Å². The molecule has 5 aromatic rings. The van der Waals surface area contributed by atoms with Gasteiger partial charge in [-0.1, -0.05) is 47.5 Å². The van der Waals surface area contributed by atoms with Gasteiger partial charge in [0.2, 0.25) is 0 Å². The zero-order valence-electron chi connectivity index (χ0n) is 23.5. The number of fused-ring (bicyclic) bond motifs is 3. The molecule has 226 valence electrons. The number of benzene rings is 2. The Morgan fingerprint density at radius 2 is 1.93 bits per heavy atom. The van der Waals surface area contributed by atoms with E-state index in [0.717, 1.165) is 44.0 Å². The van der Waals surface area contributed by atoms with Crippen molar-refractivity contribution in [1.29, 1.82) is 0 Å². The van der Waals surface area contributed by atoms with Crippen LogP contribution in [-0.4, -0.2) is 67.6 Å². The molecule has 0 bridgehead atoms. The number of imidazole rings is 1. The van der Waals surface area contributed by atoms with Gasteiger partial charge in [-0.15, -0.1) is 11.3 Å². The second-order valence-electron chi connectivity index (χ2n) is 11.8. The van der Waals surface area contributed by atoms with Crippen molar-refractivity contribution in [1.82, 2.24) is 29.2 Å². The lowest BCUT2D eigenvalue weighted by Gasteiger charge is -2.17. The van der Waals surface area contributed by atoms with Gasteiger partial charge < -0.3 is 9.30 Å². The van der Waals surface area contributed by atoms with Crippen molar-refractivity contribution >= 4 is 56.5 Å². The zero-order chi connectivity index (χ0) is 29.9. The number of halogens is 3. The first-order valence-corrected chi connectivity index (χ1v) is 16.2. The Balaban J connectivity index is 1.12. The summed E-state index contributed by atoms with van der Waals surface area (Å²) < 4.78 is 23.2. The van der Waals surface area contributed by atoms with Gasteiger partial charge in [-0.2, -0.15) is 5.10 Å². The van der Waals surface area contributed by atoms with Gasteiger partial charge in [0.15, 0.2) is 11.2 Å². The van der Waals surface area contributed by atoms with Crippen molar-refractivity contribution < 1.29 is 13.9 Å². The van der Waals surface area contributed by atoms with Crippen LogP contribution < -0.4 is 5.32 Å². The van der Waals surface area contributed by atoms with E-state index in [1.54, 1.807) is 28.7 Å². The Hall–Kier alpha value is -3.35. The van der Waals surface area contributed by atoms with E-state index < -0.39 is 18.1 Å². The third kappa shape index (κ3) is 5.00. The highest BCUT2D eigenvalue weighted by atomic mass is 35.5. The minimum absolute atomic E-state index is 0.173. The second-order valence-corrected chi connectivity index (χ2v) is 13.5. The first-order valence-electron chi connectivity index (χ1n) is 14.6. The van der Waals surface area contributed by atoms with Crippen LogP contribution >= 0.6 is 34.5 Å². The number of aromatic nitrogens is 5. The maximum atomic E-state index is 14.3. The summed E-state index contributed by atoms with van der Waals surface area (Å²) in [5.41, 5.74) is 4.47. The fourth-order valence-corrected chi connectivity index (χ4v) is 7.86. The molecule has 2 aromatic carbocycles. The Morgan fingerprint density at radius 3 is 2.68 bits per heavy atom. The summed E-state index contributed by atoms with van der Waals surface area (Å²) in [4.78, 5) is 24.9. The van der Waals surface area contributed by atoms with Crippen LogP contribution in [0.3, 0.4) is 0 Å². The Labute approximate surface area is 266 Å². The average molecular weight is 653 g/mol. The normalized spacial score (nSPS) is 22.0. The molecule has 0 saturated carbocycles. The molecule has 8 rings (SSSR count). The molecule has 0 unspecified atom stereocenters. The molecule has 4 atom stereocenters. The zero-order valence-corrected chi connectivity index (χ0v) is 25.8. The molecule has 1 N–H and O–H groups in total. The van der Waals surface area contributed by atoms with Gasteiger partial charge in [0.1, 0.15) is 11.7 Å². The molecule has 9 nitrogen and oxygen atoms in total. The number of ether oxygens (including phenoxy) is 1. The number of hydrogen-bond acceptors (Lipinski definition) is 7. The lowest BCUT2D eigenvalue weighted by molar-refractivity contribution is -0.118.